The molecule has 108 valence electrons. The summed E-state index contributed by atoms with van der Waals surface area (Å²) >= 11 is 0. The first-order chi connectivity index (χ1) is 9.44. The van der Waals surface area contributed by atoms with Gasteiger partial charge in [-0.3, -0.25) is 0 Å². The predicted octanol–water partition coefficient (Wildman–Crippen LogP) is 0.602. The molecule has 0 fully saturated rings. The first-order valence-electron chi connectivity index (χ1n) is 5.85. The molecule has 2 aromatic rings. The largest absolute Gasteiger partial charge is 0.361 e. The van der Waals surface area contributed by atoms with Crippen molar-refractivity contribution >= 4 is 16.0 Å². The third-order valence-electron chi connectivity index (χ3n) is 2.78. The molecular formula is C11H15N5O3S. The average Bonchev–Trinajstić information content (AvgIpc) is 2.76. The van der Waals surface area contributed by atoms with E-state index in [0.717, 1.165) is 5.56 Å². The van der Waals surface area contributed by atoms with Crippen LogP contribution in [0.4, 0.5) is 5.95 Å². The Morgan fingerprint density at radius 3 is 2.40 bits per heavy atom. The van der Waals surface area contributed by atoms with Crippen LogP contribution in [0.1, 0.15) is 17.0 Å². The number of hydrogen-bond donors (Lipinski definition) is 2. The van der Waals surface area contributed by atoms with Crippen LogP contribution in [0, 0.1) is 13.8 Å². The van der Waals surface area contributed by atoms with E-state index in [1.165, 1.54) is 12.4 Å². The second-order valence-corrected chi connectivity index (χ2v) is 5.89. The van der Waals surface area contributed by atoms with Crippen LogP contribution in [-0.4, -0.2) is 30.6 Å². The van der Waals surface area contributed by atoms with Crippen LogP contribution in [0.3, 0.4) is 0 Å². The van der Waals surface area contributed by atoms with E-state index in [4.69, 9.17) is 4.52 Å². The van der Waals surface area contributed by atoms with Gasteiger partial charge in [-0.05, 0) is 13.8 Å². The summed E-state index contributed by atoms with van der Waals surface area (Å²) < 4.78 is 31.6. The fourth-order valence-electron chi connectivity index (χ4n) is 1.59. The average molecular weight is 297 g/mol. The highest BCUT2D eigenvalue weighted by molar-refractivity contribution is 7.89. The molecule has 2 rings (SSSR count). The van der Waals surface area contributed by atoms with Crippen molar-refractivity contribution in [2.45, 2.75) is 25.3 Å². The van der Waals surface area contributed by atoms with E-state index in [9.17, 15) is 8.42 Å². The number of anilines is 1. The van der Waals surface area contributed by atoms with Crippen LogP contribution in [-0.2, 0) is 16.6 Å². The fourth-order valence-corrected chi connectivity index (χ4v) is 2.47. The molecule has 20 heavy (non-hydrogen) atoms. The summed E-state index contributed by atoms with van der Waals surface area (Å²) in [5.74, 6) is 0.946. The van der Waals surface area contributed by atoms with Gasteiger partial charge in [-0.2, -0.15) is 0 Å². The molecule has 0 spiro atoms. The Morgan fingerprint density at radius 1 is 1.25 bits per heavy atom. The molecular weight excluding hydrogens is 282 g/mol. The summed E-state index contributed by atoms with van der Waals surface area (Å²) in [6.45, 7) is 3.59. The molecule has 0 aliphatic rings. The molecule has 0 bridgehead atoms. The molecule has 2 heterocycles. The highest BCUT2D eigenvalue weighted by Gasteiger charge is 2.17. The minimum absolute atomic E-state index is 0.00302. The van der Waals surface area contributed by atoms with Crippen molar-refractivity contribution in [3.05, 3.63) is 29.4 Å². The maximum Gasteiger partial charge on any atom is 0.243 e. The molecule has 2 N–H and O–H groups in total. The van der Waals surface area contributed by atoms with Gasteiger partial charge in [0.2, 0.25) is 16.0 Å². The second-order valence-electron chi connectivity index (χ2n) is 4.12. The minimum Gasteiger partial charge on any atom is -0.361 e. The summed E-state index contributed by atoms with van der Waals surface area (Å²) in [5, 5.41) is 6.49. The Bertz CT molecular complexity index is 674. The number of sulfonamides is 1. The minimum atomic E-state index is -3.67. The van der Waals surface area contributed by atoms with Crippen molar-refractivity contribution in [2.24, 2.45) is 0 Å². The molecule has 0 saturated carbocycles. The molecule has 8 nitrogen and oxygen atoms in total. The summed E-state index contributed by atoms with van der Waals surface area (Å²) in [6, 6.07) is 0. The number of nitrogens with zero attached hydrogens (tertiary/aromatic N) is 3. The van der Waals surface area contributed by atoms with Crippen molar-refractivity contribution in [2.75, 3.05) is 12.4 Å². The van der Waals surface area contributed by atoms with Crippen LogP contribution in [0.5, 0.6) is 0 Å². The lowest BCUT2D eigenvalue weighted by Crippen LogP contribution is -2.24. The van der Waals surface area contributed by atoms with E-state index in [0.29, 0.717) is 17.4 Å². The third-order valence-corrected chi connectivity index (χ3v) is 4.14. The van der Waals surface area contributed by atoms with Gasteiger partial charge in [0, 0.05) is 19.2 Å². The second kappa shape index (κ2) is 5.55. The van der Waals surface area contributed by atoms with Crippen LogP contribution in [0.2, 0.25) is 0 Å². The Hall–Kier alpha value is -2.00. The molecule has 2 aromatic heterocycles. The highest BCUT2D eigenvalue weighted by Crippen LogP contribution is 2.13. The van der Waals surface area contributed by atoms with Crippen molar-refractivity contribution in [1.29, 1.82) is 0 Å². The van der Waals surface area contributed by atoms with Crippen molar-refractivity contribution in [3.63, 3.8) is 0 Å². The van der Waals surface area contributed by atoms with Crippen LogP contribution < -0.4 is 10.0 Å². The smallest absolute Gasteiger partial charge is 0.243 e. The van der Waals surface area contributed by atoms with Gasteiger partial charge in [0.25, 0.3) is 0 Å². The fraction of sp³-hybridized carbons (Fsp3) is 0.364. The monoisotopic (exact) mass is 297 g/mol. The summed E-state index contributed by atoms with van der Waals surface area (Å²) in [4.78, 5) is 7.75. The van der Waals surface area contributed by atoms with E-state index in [1.807, 2.05) is 0 Å². The van der Waals surface area contributed by atoms with Gasteiger partial charge < -0.3 is 9.84 Å². The third kappa shape index (κ3) is 2.94. The molecule has 0 aromatic carbocycles. The van der Waals surface area contributed by atoms with Crippen molar-refractivity contribution < 1.29 is 12.9 Å². The number of hydrogen-bond acceptors (Lipinski definition) is 7. The van der Waals surface area contributed by atoms with Gasteiger partial charge in [0.1, 0.15) is 10.7 Å². The Labute approximate surface area is 116 Å². The van der Waals surface area contributed by atoms with E-state index in [2.05, 4.69) is 25.2 Å². The normalized spacial score (nSPS) is 11.6. The lowest BCUT2D eigenvalue weighted by atomic mass is 10.2. The molecule has 0 aliphatic heterocycles. The molecule has 0 amide bonds. The topological polar surface area (TPSA) is 110 Å². The van der Waals surface area contributed by atoms with E-state index in [1.54, 1.807) is 20.9 Å². The zero-order valence-corrected chi connectivity index (χ0v) is 12.2. The Balaban J connectivity index is 2.15. The van der Waals surface area contributed by atoms with Gasteiger partial charge in [0.15, 0.2) is 0 Å². The van der Waals surface area contributed by atoms with Gasteiger partial charge in [-0.25, -0.2) is 23.1 Å². The van der Waals surface area contributed by atoms with Crippen LogP contribution >= 0.6 is 0 Å². The highest BCUT2D eigenvalue weighted by atomic mass is 32.2. The molecule has 0 radical (unpaired) electrons. The quantitative estimate of drug-likeness (QED) is 0.831. The van der Waals surface area contributed by atoms with Gasteiger partial charge in [0.05, 0.1) is 18.1 Å². The van der Waals surface area contributed by atoms with Gasteiger partial charge in [-0.15, -0.1) is 0 Å². The Kier molecular flexibility index (Phi) is 4.00. The SMILES string of the molecule is CNc1ncc(S(=O)(=O)NCc2c(C)noc2C)cn1. The molecule has 9 heteroatoms. The maximum atomic E-state index is 12.1. The van der Waals surface area contributed by atoms with E-state index < -0.39 is 10.0 Å². The lowest BCUT2D eigenvalue weighted by Gasteiger charge is -2.06. The number of nitrogens with one attached hydrogen (secondary N) is 2. The molecule has 0 atom stereocenters. The Morgan fingerprint density at radius 2 is 1.90 bits per heavy atom. The molecule has 0 unspecified atom stereocenters. The molecule has 0 saturated heterocycles. The lowest BCUT2D eigenvalue weighted by molar-refractivity contribution is 0.392. The zero-order chi connectivity index (χ0) is 14.8. The van der Waals surface area contributed by atoms with Gasteiger partial charge in [-0.1, -0.05) is 5.16 Å². The van der Waals surface area contributed by atoms with E-state index in [-0.39, 0.29) is 11.4 Å². The maximum absolute atomic E-state index is 12.1. The first-order valence-corrected chi connectivity index (χ1v) is 7.33. The number of aryl methyl sites for hydroxylation is 2. The molecule has 0 aliphatic carbocycles. The standard InChI is InChI=1S/C11H15N5O3S/c1-7-10(8(2)19-16-7)6-15-20(17,18)9-4-13-11(12-3)14-5-9/h4-5,15H,6H2,1-3H3,(H,12,13,14). The first kappa shape index (κ1) is 14.4. The van der Waals surface area contributed by atoms with E-state index >= 15 is 0 Å². The van der Waals surface area contributed by atoms with Crippen LogP contribution in [0.25, 0.3) is 0 Å². The summed E-state index contributed by atoms with van der Waals surface area (Å²) in [7, 11) is -2.02. The van der Waals surface area contributed by atoms with Gasteiger partial charge >= 0.3 is 0 Å². The zero-order valence-electron chi connectivity index (χ0n) is 11.3. The van der Waals surface area contributed by atoms with Crippen molar-refractivity contribution in [3.8, 4) is 0 Å². The number of rotatable bonds is 5. The number of aromatic nitrogens is 3. The predicted molar refractivity (Wildman–Crippen MR) is 71.6 cm³/mol. The van der Waals surface area contributed by atoms with Crippen molar-refractivity contribution in [1.82, 2.24) is 19.8 Å². The summed E-state index contributed by atoms with van der Waals surface area (Å²) in [6.07, 6.45) is 2.49. The summed E-state index contributed by atoms with van der Waals surface area (Å²) in [5.41, 5.74) is 1.38. The van der Waals surface area contributed by atoms with Crippen LogP contribution in [0.15, 0.2) is 21.8 Å².